The second-order valence-electron chi connectivity index (χ2n) is 6.12. The fraction of sp³-hybridized carbons (Fsp3) is 0.800. The molecule has 1 heterocycles. The fourth-order valence-corrected chi connectivity index (χ4v) is 1.75. The number of carbonyl (C=O) groups excluding carboxylic acids is 1. The average Bonchev–Trinajstić information content (AvgIpc) is 2.55. The summed E-state index contributed by atoms with van der Waals surface area (Å²) < 4.78 is 4.55. The van der Waals surface area contributed by atoms with E-state index in [1.807, 2.05) is 20.8 Å². The molecule has 0 amide bonds. The van der Waals surface area contributed by atoms with Crippen molar-refractivity contribution in [3.8, 4) is 0 Å². The number of nitrogens with one attached hydrogen (secondary N) is 2. The number of carbonyl (C=O) groups is 2. The molecule has 1 unspecified atom stereocenters. The van der Waals surface area contributed by atoms with Crippen molar-refractivity contribution >= 4 is 18.3 Å². The second-order valence-corrected chi connectivity index (χ2v) is 6.12. The maximum Gasteiger partial charge on any atom is 0.300 e. The van der Waals surface area contributed by atoms with Crippen LogP contribution in [0, 0.1) is 11.3 Å². The summed E-state index contributed by atoms with van der Waals surface area (Å²) in [7, 11) is 0. The molecule has 0 radical (unpaired) electrons. The van der Waals surface area contributed by atoms with E-state index in [1.165, 1.54) is 19.3 Å². The number of hydrogen-bond donors (Lipinski definition) is 4. The van der Waals surface area contributed by atoms with E-state index in [-0.39, 0.29) is 5.60 Å². The van der Waals surface area contributed by atoms with Crippen molar-refractivity contribution in [2.24, 2.45) is 11.7 Å². The molecule has 0 spiro atoms. The minimum Gasteiger partial charge on any atom is -0.481 e. The highest BCUT2D eigenvalue weighted by molar-refractivity contribution is 5.77. The quantitative estimate of drug-likeness (QED) is 0.357. The lowest BCUT2D eigenvalue weighted by Gasteiger charge is -2.14. The molecule has 0 aromatic carbocycles. The Bertz CT molecular complexity index is 315. The molecule has 22 heavy (non-hydrogen) atoms. The Morgan fingerprint density at radius 2 is 1.95 bits per heavy atom. The topological polar surface area (TPSA) is 126 Å². The van der Waals surface area contributed by atoms with E-state index in [1.54, 1.807) is 0 Å². The number of ether oxygens (including phenoxy) is 1. The zero-order valence-electron chi connectivity index (χ0n) is 14.1. The molecule has 7 heteroatoms. The highest BCUT2D eigenvalue weighted by Crippen LogP contribution is 2.16. The molecule has 0 bridgehead atoms. The number of carboxylic acids is 1. The van der Waals surface area contributed by atoms with Crippen molar-refractivity contribution in [1.29, 1.82) is 5.41 Å². The van der Waals surface area contributed by atoms with Crippen molar-refractivity contribution in [3.63, 3.8) is 0 Å². The van der Waals surface area contributed by atoms with Crippen LogP contribution in [0.5, 0.6) is 0 Å². The van der Waals surface area contributed by atoms with Crippen molar-refractivity contribution in [3.05, 3.63) is 0 Å². The van der Waals surface area contributed by atoms with E-state index in [2.05, 4.69) is 10.1 Å². The average molecular weight is 317 g/mol. The lowest BCUT2D eigenvalue weighted by Crippen LogP contribution is -2.17. The van der Waals surface area contributed by atoms with Gasteiger partial charge < -0.3 is 20.9 Å². The predicted molar refractivity (Wildman–Crippen MR) is 87.0 cm³/mol. The molecule has 0 saturated carbocycles. The monoisotopic (exact) mass is 317 g/mol. The van der Waals surface area contributed by atoms with E-state index < -0.39 is 5.97 Å². The molecule has 1 fully saturated rings. The number of aliphatic carboxylic acids is 1. The minimum atomic E-state index is -0.833. The van der Waals surface area contributed by atoms with Crippen LogP contribution in [-0.4, -0.2) is 42.1 Å². The normalized spacial score (nSPS) is 17.5. The maximum atomic E-state index is 9.60. The molecule has 1 aliphatic heterocycles. The van der Waals surface area contributed by atoms with Gasteiger partial charge in [-0.25, -0.2) is 0 Å². The van der Waals surface area contributed by atoms with Crippen LogP contribution in [0.4, 0.5) is 0 Å². The molecule has 0 aromatic rings. The van der Waals surface area contributed by atoms with Crippen LogP contribution in [0.15, 0.2) is 0 Å². The first-order valence-electron chi connectivity index (χ1n) is 7.43. The Morgan fingerprint density at radius 3 is 2.32 bits per heavy atom. The lowest BCUT2D eigenvalue weighted by molar-refractivity contribution is -0.138. The maximum absolute atomic E-state index is 9.60. The minimum absolute atomic E-state index is 0.318. The Balaban J connectivity index is 0. The van der Waals surface area contributed by atoms with Crippen molar-refractivity contribution in [2.75, 3.05) is 13.1 Å². The summed E-state index contributed by atoms with van der Waals surface area (Å²) in [5.74, 6) is 0.166. The first-order chi connectivity index (χ1) is 10.1. The number of amidine groups is 1. The Kier molecular flexibility index (Phi) is 13.4. The molecular weight excluding hydrogens is 286 g/mol. The van der Waals surface area contributed by atoms with Crippen LogP contribution < -0.4 is 11.1 Å². The highest BCUT2D eigenvalue weighted by atomic mass is 16.5. The molecule has 130 valence electrons. The van der Waals surface area contributed by atoms with Gasteiger partial charge >= 0.3 is 0 Å². The van der Waals surface area contributed by atoms with E-state index >= 15 is 0 Å². The summed E-state index contributed by atoms with van der Waals surface area (Å²) in [4.78, 5) is 18.6. The fourth-order valence-electron chi connectivity index (χ4n) is 1.75. The van der Waals surface area contributed by atoms with Gasteiger partial charge in [0.25, 0.3) is 12.4 Å². The van der Waals surface area contributed by atoms with E-state index in [9.17, 15) is 4.79 Å². The molecule has 0 aromatic heterocycles. The smallest absolute Gasteiger partial charge is 0.300 e. The number of rotatable bonds is 3. The molecule has 1 aliphatic rings. The predicted octanol–water partition coefficient (Wildman–Crippen LogP) is 1.75. The van der Waals surface area contributed by atoms with Gasteiger partial charge in [-0.15, -0.1) is 0 Å². The van der Waals surface area contributed by atoms with Crippen molar-refractivity contribution in [1.82, 2.24) is 5.32 Å². The van der Waals surface area contributed by atoms with Gasteiger partial charge in [-0.05, 0) is 59.0 Å². The van der Waals surface area contributed by atoms with Crippen molar-refractivity contribution < 1.29 is 19.4 Å². The molecule has 1 atom stereocenters. The van der Waals surface area contributed by atoms with Gasteiger partial charge in [0.05, 0.1) is 5.84 Å². The molecular formula is C15H31N3O4. The summed E-state index contributed by atoms with van der Waals surface area (Å²) >= 11 is 0. The molecule has 1 saturated heterocycles. The van der Waals surface area contributed by atoms with Crippen LogP contribution in [0.1, 0.15) is 53.4 Å². The third-order valence-corrected chi connectivity index (χ3v) is 2.61. The van der Waals surface area contributed by atoms with Crippen molar-refractivity contribution in [2.45, 2.75) is 59.0 Å². The summed E-state index contributed by atoms with van der Waals surface area (Å²) in [5, 5.41) is 17.9. The van der Waals surface area contributed by atoms with Gasteiger partial charge in [-0.1, -0.05) is 0 Å². The van der Waals surface area contributed by atoms with E-state index in [4.69, 9.17) is 21.0 Å². The van der Waals surface area contributed by atoms with Gasteiger partial charge in [-0.3, -0.25) is 15.0 Å². The highest BCUT2D eigenvalue weighted by Gasteiger charge is 2.12. The van der Waals surface area contributed by atoms with Gasteiger partial charge in [0, 0.05) is 13.3 Å². The molecule has 5 N–H and O–H groups in total. The zero-order valence-corrected chi connectivity index (χ0v) is 14.1. The van der Waals surface area contributed by atoms with Gasteiger partial charge in [0.15, 0.2) is 0 Å². The Labute approximate surface area is 133 Å². The first-order valence-corrected chi connectivity index (χ1v) is 7.43. The Hall–Kier alpha value is -1.63. The largest absolute Gasteiger partial charge is 0.481 e. The van der Waals surface area contributed by atoms with Gasteiger partial charge in [-0.2, -0.15) is 0 Å². The second kappa shape index (κ2) is 13.1. The summed E-state index contributed by atoms with van der Waals surface area (Å²) in [5.41, 5.74) is 5.02. The molecule has 0 aliphatic carbocycles. The van der Waals surface area contributed by atoms with Crippen LogP contribution in [0.2, 0.25) is 0 Å². The number of hydrogen-bond acceptors (Lipinski definition) is 5. The number of carboxylic acid groups (broad SMARTS) is 1. The summed E-state index contributed by atoms with van der Waals surface area (Å²) in [6.45, 7) is 9.23. The first kappa shape index (κ1) is 22.6. The van der Waals surface area contributed by atoms with E-state index in [0.717, 1.165) is 26.4 Å². The van der Waals surface area contributed by atoms with E-state index in [0.29, 0.717) is 18.2 Å². The zero-order chi connectivity index (χ0) is 17.6. The third-order valence-electron chi connectivity index (χ3n) is 2.61. The number of nitrogens with two attached hydrogens (primary N) is 1. The van der Waals surface area contributed by atoms with Crippen LogP contribution in [0.25, 0.3) is 0 Å². The van der Waals surface area contributed by atoms with Crippen LogP contribution in [0.3, 0.4) is 0 Å². The van der Waals surface area contributed by atoms with Gasteiger partial charge in [0.1, 0.15) is 5.60 Å². The van der Waals surface area contributed by atoms with Gasteiger partial charge in [0.2, 0.25) is 0 Å². The SMILES string of the molecule is CC(=O)O.CC(C)(C)OC=O.N=C(N)CC1CCCNCC1. The summed E-state index contributed by atoms with van der Waals surface area (Å²) in [6.07, 6.45) is 4.44. The molecule has 7 nitrogen and oxygen atoms in total. The summed E-state index contributed by atoms with van der Waals surface area (Å²) in [6, 6.07) is 0. The van der Waals surface area contributed by atoms with Crippen LogP contribution in [-0.2, 0) is 14.3 Å². The standard InChI is InChI=1S/C8H17N3.C5H10O2.C2H4O2/c9-8(10)6-7-2-1-4-11-5-3-7;1-5(2,3)7-4-6;1-2(3)4/h7,11H,1-6H2,(H3,9,10);4H,1-3H3;1H3,(H,3,4). The third kappa shape index (κ3) is 23.5. The lowest BCUT2D eigenvalue weighted by atomic mass is 9.97. The molecule has 1 rings (SSSR count). The van der Waals surface area contributed by atoms with Crippen LogP contribution >= 0.6 is 0 Å². The Morgan fingerprint density at radius 1 is 1.41 bits per heavy atom.